The fraction of sp³-hybridized carbons (Fsp3) is 0.158. The summed E-state index contributed by atoms with van der Waals surface area (Å²) in [6, 6.07) is 14.3. The SMILES string of the molecule is COc1cccc(/C(COc2ccc(/C=C3\SC(=O)NC3O)cc2)=N/O)c1. The van der Waals surface area contributed by atoms with Crippen LogP contribution in [-0.2, 0) is 0 Å². The first-order valence-electron chi connectivity index (χ1n) is 8.05. The molecule has 0 radical (unpaired) electrons. The molecule has 3 rings (SSSR count). The van der Waals surface area contributed by atoms with E-state index in [9.17, 15) is 15.1 Å². The molecule has 1 fully saturated rings. The normalized spacial score (nSPS) is 18.4. The number of ether oxygens (including phenoxy) is 2. The second kappa shape index (κ2) is 8.61. The number of hydrogen-bond donors (Lipinski definition) is 3. The summed E-state index contributed by atoms with van der Waals surface area (Å²) in [7, 11) is 1.57. The van der Waals surface area contributed by atoms with Crippen LogP contribution in [0.2, 0.25) is 0 Å². The molecule has 7 nitrogen and oxygen atoms in total. The minimum atomic E-state index is -0.968. The highest BCUT2D eigenvalue weighted by Gasteiger charge is 2.25. The van der Waals surface area contributed by atoms with Crippen molar-refractivity contribution in [2.75, 3.05) is 13.7 Å². The third-order valence-corrected chi connectivity index (χ3v) is 4.70. The van der Waals surface area contributed by atoms with Gasteiger partial charge < -0.3 is 25.1 Å². The van der Waals surface area contributed by atoms with Crippen molar-refractivity contribution in [2.45, 2.75) is 6.23 Å². The van der Waals surface area contributed by atoms with Crippen LogP contribution in [0.5, 0.6) is 11.5 Å². The van der Waals surface area contributed by atoms with Gasteiger partial charge in [-0.2, -0.15) is 0 Å². The fourth-order valence-corrected chi connectivity index (χ4v) is 3.18. The van der Waals surface area contributed by atoms with Crippen molar-refractivity contribution in [3.05, 3.63) is 64.6 Å². The lowest BCUT2D eigenvalue weighted by Crippen LogP contribution is -2.24. The first-order chi connectivity index (χ1) is 13.1. The molecule has 0 bridgehead atoms. The molecule has 1 aliphatic heterocycles. The summed E-state index contributed by atoms with van der Waals surface area (Å²) >= 11 is 0.966. The highest BCUT2D eigenvalue weighted by molar-refractivity contribution is 8.17. The molecule has 2 aromatic rings. The van der Waals surface area contributed by atoms with Crippen molar-refractivity contribution in [3.8, 4) is 11.5 Å². The number of methoxy groups -OCH3 is 1. The molecule has 3 N–H and O–H groups in total. The number of hydrogen-bond acceptors (Lipinski definition) is 7. The van der Waals surface area contributed by atoms with Crippen LogP contribution >= 0.6 is 11.8 Å². The van der Waals surface area contributed by atoms with Crippen molar-refractivity contribution in [1.82, 2.24) is 5.32 Å². The predicted octanol–water partition coefficient (Wildman–Crippen LogP) is 3.07. The van der Waals surface area contributed by atoms with Crippen molar-refractivity contribution in [1.29, 1.82) is 0 Å². The van der Waals surface area contributed by atoms with Gasteiger partial charge in [-0.1, -0.05) is 29.4 Å². The van der Waals surface area contributed by atoms with Crippen LogP contribution in [0.1, 0.15) is 11.1 Å². The van der Waals surface area contributed by atoms with Gasteiger partial charge in [0.2, 0.25) is 0 Å². The average Bonchev–Trinajstić information content (AvgIpc) is 3.00. The highest BCUT2D eigenvalue weighted by atomic mass is 32.2. The lowest BCUT2D eigenvalue weighted by atomic mass is 10.1. The zero-order valence-electron chi connectivity index (χ0n) is 14.5. The number of benzene rings is 2. The summed E-state index contributed by atoms with van der Waals surface area (Å²) < 4.78 is 10.8. The zero-order valence-corrected chi connectivity index (χ0v) is 15.3. The molecule has 1 heterocycles. The Hall–Kier alpha value is -2.97. The second-order valence-electron chi connectivity index (χ2n) is 5.62. The lowest BCUT2D eigenvalue weighted by molar-refractivity contribution is 0.192. The molecule has 1 saturated heterocycles. The number of carbonyl (C=O) groups excluding carboxylic acids is 1. The van der Waals surface area contributed by atoms with Gasteiger partial charge in [-0.25, -0.2) is 0 Å². The number of carbonyl (C=O) groups is 1. The number of oxime groups is 1. The summed E-state index contributed by atoms with van der Waals surface area (Å²) in [6.07, 6.45) is 0.762. The Morgan fingerprint density at radius 1 is 1.26 bits per heavy atom. The number of amides is 1. The third kappa shape index (κ3) is 4.81. The smallest absolute Gasteiger partial charge is 0.285 e. The van der Waals surface area contributed by atoms with Crippen molar-refractivity contribution in [3.63, 3.8) is 0 Å². The summed E-state index contributed by atoms with van der Waals surface area (Å²) in [6.45, 7) is 0.0804. The van der Waals surface area contributed by atoms with Gasteiger partial charge in [0.05, 0.1) is 7.11 Å². The molecule has 140 valence electrons. The van der Waals surface area contributed by atoms with E-state index in [-0.39, 0.29) is 11.8 Å². The summed E-state index contributed by atoms with van der Waals surface area (Å²) in [5, 5.41) is 24.4. The number of thioether (sulfide) groups is 1. The monoisotopic (exact) mass is 386 g/mol. The van der Waals surface area contributed by atoms with E-state index in [4.69, 9.17) is 9.47 Å². The third-order valence-electron chi connectivity index (χ3n) is 3.82. The number of rotatable bonds is 6. The van der Waals surface area contributed by atoms with Gasteiger partial charge in [0.25, 0.3) is 5.24 Å². The van der Waals surface area contributed by atoms with Crippen LogP contribution in [-0.4, -0.2) is 41.2 Å². The van der Waals surface area contributed by atoms with Gasteiger partial charge >= 0.3 is 0 Å². The molecule has 0 saturated carbocycles. The maximum absolute atomic E-state index is 11.2. The molecular weight excluding hydrogens is 368 g/mol. The van der Waals surface area contributed by atoms with Crippen molar-refractivity contribution < 1.29 is 24.6 Å². The number of aliphatic hydroxyl groups excluding tert-OH is 1. The van der Waals surface area contributed by atoms with Crippen LogP contribution in [0.15, 0.2) is 58.6 Å². The summed E-state index contributed by atoms with van der Waals surface area (Å²) in [5.41, 5.74) is 1.89. The molecule has 27 heavy (non-hydrogen) atoms. The van der Waals surface area contributed by atoms with Crippen molar-refractivity contribution in [2.24, 2.45) is 5.16 Å². The first kappa shape index (κ1) is 18.8. The number of nitrogens with zero attached hydrogens (tertiary/aromatic N) is 1. The van der Waals surface area contributed by atoms with Crippen molar-refractivity contribution >= 4 is 28.8 Å². The molecular formula is C19H18N2O5S. The zero-order chi connectivity index (χ0) is 19.2. The Bertz CT molecular complexity index is 880. The van der Waals surface area contributed by atoms with Gasteiger partial charge in [-0.05, 0) is 47.7 Å². The molecule has 0 aliphatic carbocycles. The Kier molecular flexibility index (Phi) is 6.00. The maximum Gasteiger partial charge on any atom is 0.285 e. The fourth-order valence-electron chi connectivity index (χ4n) is 2.43. The number of nitrogens with one attached hydrogen (secondary N) is 1. The van der Waals surface area contributed by atoms with E-state index in [1.807, 2.05) is 0 Å². The minimum Gasteiger partial charge on any atom is -0.497 e. The van der Waals surface area contributed by atoms with Gasteiger partial charge in [-0.3, -0.25) is 4.79 Å². The highest BCUT2D eigenvalue weighted by Crippen LogP contribution is 2.28. The maximum atomic E-state index is 11.2. The Morgan fingerprint density at radius 3 is 2.67 bits per heavy atom. The molecule has 1 atom stereocenters. The Labute approximate surface area is 160 Å². The Balaban J connectivity index is 1.64. The molecule has 8 heteroatoms. The van der Waals surface area contributed by atoms with Gasteiger partial charge in [-0.15, -0.1) is 0 Å². The molecule has 1 amide bonds. The molecule has 0 spiro atoms. The van der Waals surface area contributed by atoms with Crippen LogP contribution in [0.3, 0.4) is 0 Å². The summed E-state index contributed by atoms with van der Waals surface area (Å²) in [5.74, 6) is 1.25. The van der Waals surface area contributed by atoms with E-state index in [1.54, 1.807) is 61.7 Å². The van der Waals surface area contributed by atoms with Gasteiger partial charge in [0.1, 0.15) is 23.8 Å². The summed E-state index contributed by atoms with van der Waals surface area (Å²) in [4.78, 5) is 11.8. The van der Waals surface area contributed by atoms with E-state index in [1.165, 1.54) is 0 Å². The number of aliphatic hydroxyl groups is 1. The average molecular weight is 386 g/mol. The van der Waals surface area contributed by atoms with Crippen LogP contribution < -0.4 is 14.8 Å². The molecule has 1 unspecified atom stereocenters. The minimum absolute atomic E-state index is 0.0804. The first-order valence-corrected chi connectivity index (χ1v) is 8.87. The Morgan fingerprint density at radius 2 is 2.04 bits per heavy atom. The van der Waals surface area contributed by atoms with E-state index >= 15 is 0 Å². The molecule has 1 aliphatic rings. The molecule has 0 aromatic heterocycles. The lowest BCUT2D eigenvalue weighted by Gasteiger charge is -2.09. The standard InChI is InChI=1S/C19H18N2O5S/c1-25-15-4-2-3-13(10-15)16(21-24)11-26-14-7-5-12(6-8-14)9-17-18(22)20-19(23)27-17/h2-10,18,22,24H,11H2,1H3,(H,20,23)/b17-9-,21-16+. The van der Waals surface area contributed by atoms with E-state index in [0.717, 1.165) is 17.3 Å². The van der Waals surface area contributed by atoms with E-state index < -0.39 is 6.23 Å². The van der Waals surface area contributed by atoms with Gasteiger partial charge in [0, 0.05) is 10.5 Å². The largest absolute Gasteiger partial charge is 0.497 e. The van der Waals surface area contributed by atoms with Crippen LogP contribution in [0.25, 0.3) is 6.08 Å². The van der Waals surface area contributed by atoms with Gasteiger partial charge in [0.15, 0.2) is 6.23 Å². The van der Waals surface area contributed by atoms with Crippen LogP contribution in [0, 0.1) is 0 Å². The molecule has 2 aromatic carbocycles. The van der Waals surface area contributed by atoms with Crippen LogP contribution in [0.4, 0.5) is 4.79 Å². The predicted molar refractivity (Wildman–Crippen MR) is 103 cm³/mol. The second-order valence-corrected chi connectivity index (χ2v) is 6.67. The quantitative estimate of drug-likeness (QED) is 0.401. The topological polar surface area (TPSA) is 100 Å². The van der Waals surface area contributed by atoms with E-state index in [2.05, 4.69) is 10.5 Å². The van der Waals surface area contributed by atoms with E-state index in [0.29, 0.717) is 27.7 Å².